The summed E-state index contributed by atoms with van der Waals surface area (Å²) < 4.78 is 1.05. The van der Waals surface area contributed by atoms with E-state index in [0.29, 0.717) is 0 Å². The Kier molecular flexibility index (Phi) is 4.95. The SMILES string of the molecule is Cc1ccc(/C=N\n2c(=S)[nH]nc(CCC(=O)O)c2=O)cc1. The summed E-state index contributed by atoms with van der Waals surface area (Å²) >= 11 is 4.99. The molecule has 0 unspecified atom stereocenters. The molecular weight excluding hydrogens is 304 g/mol. The summed E-state index contributed by atoms with van der Waals surface area (Å²) in [6, 6.07) is 7.58. The van der Waals surface area contributed by atoms with Gasteiger partial charge in [-0.25, -0.2) is 0 Å². The highest BCUT2D eigenvalue weighted by atomic mass is 32.1. The maximum absolute atomic E-state index is 12.2. The minimum atomic E-state index is -1.00. The quantitative estimate of drug-likeness (QED) is 0.643. The first-order valence-electron chi connectivity index (χ1n) is 6.51. The number of aromatic amines is 1. The summed E-state index contributed by atoms with van der Waals surface area (Å²) in [4.78, 5) is 22.8. The first-order chi connectivity index (χ1) is 10.5. The van der Waals surface area contributed by atoms with Crippen LogP contribution in [0.25, 0.3) is 0 Å². The molecule has 1 aromatic heterocycles. The molecule has 0 amide bonds. The molecule has 0 saturated heterocycles. The average molecular weight is 318 g/mol. The van der Waals surface area contributed by atoms with E-state index in [2.05, 4.69) is 15.3 Å². The summed E-state index contributed by atoms with van der Waals surface area (Å²) in [5, 5.41) is 19.0. The van der Waals surface area contributed by atoms with Gasteiger partial charge in [-0.1, -0.05) is 29.8 Å². The lowest BCUT2D eigenvalue weighted by atomic mass is 10.2. The fourth-order valence-corrected chi connectivity index (χ4v) is 1.87. The van der Waals surface area contributed by atoms with Gasteiger partial charge in [-0.2, -0.15) is 14.9 Å². The lowest BCUT2D eigenvalue weighted by Crippen LogP contribution is -2.25. The predicted molar refractivity (Wildman–Crippen MR) is 83.8 cm³/mol. The van der Waals surface area contributed by atoms with E-state index >= 15 is 0 Å². The van der Waals surface area contributed by atoms with Gasteiger partial charge < -0.3 is 5.11 Å². The Bertz CT molecular complexity index is 821. The monoisotopic (exact) mass is 318 g/mol. The number of nitrogens with zero attached hydrogens (tertiary/aromatic N) is 3. The van der Waals surface area contributed by atoms with Gasteiger partial charge in [-0.3, -0.25) is 14.7 Å². The lowest BCUT2D eigenvalue weighted by molar-refractivity contribution is -0.136. The molecule has 1 heterocycles. The molecule has 0 bridgehead atoms. The van der Waals surface area contributed by atoms with E-state index in [4.69, 9.17) is 17.3 Å². The lowest BCUT2D eigenvalue weighted by Gasteiger charge is -2.02. The van der Waals surface area contributed by atoms with Crippen molar-refractivity contribution in [2.45, 2.75) is 19.8 Å². The Balaban J connectivity index is 2.32. The number of H-pyrrole nitrogens is 1. The van der Waals surface area contributed by atoms with Crippen LogP contribution in [0.2, 0.25) is 0 Å². The van der Waals surface area contributed by atoms with Crippen molar-refractivity contribution in [3.63, 3.8) is 0 Å². The third-order valence-electron chi connectivity index (χ3n) is 2.89. The Morgan fingerprint density at radius 1 is 1.45 bits per heavy atom. The van der Waals surface area contributed by atoms with E-state index < -0.39 is 11.5 Å². The molecule has 0 spiro atoms. The molecule has 0 aliphatic carbocycles. The first-order valence-corrected chi connectivity index (χ1v) is 6.91. The van der Waals surface area contributed by atoms with E-state index in [0.717, 1.165) is 15.8 Å². The third-order valence-corrected chi connectivity index (χ3v) is 3.16. The second kappa shape index (κ2) is 6.90. The molecule has 2 N–H and O–H groups in total. The average Bonchev–Trinajstić information content (AvgIpc) is 2.48. The zero-order chi connectivity index (χ0) is 16.1. The molecule has 0 fully saturated rings. The van der Waals surface area contributed by atoms with Gasteiger partial charge in [0.2, 0.25) is 4.77 Å². The second-order valence-corrected chi connectivity index (χ2v) is 5.03. The van der Waals surface area contributed by atoms with Crippen LogP contribution in [0.5, 0.6) is 0 Å². The van der Waals surface area contributed by atoms with Gasteiger partial charge in [0.15, 0.2) is 0 Å². The highest BCUT2D eigenvalue weighted by molar-refractivity contribution is 7.71. The number of aromatic nitrogens is 3. The van der Waals surface area contributed by atoms with Crippen molar-refractivity contribution in [3.05, 3.63) is 56.2 Å². The Morgan fingerprint density at radius 2 is 2.14 bits per heavy atom. The molecule has 114 valence electrons. The van der Waals surface area contributed by atoms with E-state index in [9.17, 15) is 9.59 Å². The second-order valence-electron chi connectivity index (χ2n) is 4.64. The maximum Gasteiger partial charge on any atom is 0.303 e. The number of benzene rings is 1. The molecule has 0 saturated carbocycles. The number of carbonyl (C=O) groups is 1. The fourth-order valence-electron chi connectivity index (χ4n) is 1.69. The number of carboxylic acid groups (broad SMARTS) is 1. The number of hydrogen-bond donors (Lipinski definition) is 2. The molecule has 0 aliphatic rings. The molecule has 22 heavy (non-hydrogen) atoms. The minimum absolute atomic E-state index is 0.0142. The molecule has 1 aromatic carbocycles. The van der Waals surface area contributed by atoms with Crippen LogP contribution in [0.15, 0.2) is 34.2 Å². The number of aliphatic carboxylic acids is 1. The van der Waals surface area contributed by atoms with Gasteiger partial charge in [0.05, 0.1) is 12.6 Å². The van der Waals surface area contributed by atoms with E-state index in [-0.39, 0.29) is 23.3 Å². The topological polar surface area (TPSA) is 100 Å². The molecule has 8 heteroatoms. The zero-order valence-electron chi connectivity index (χ0n) is 11.8. The van der Waals surface area contributed by atoms with Crippen LogP contribution in [0.1, 0.15) is 23.2 Å². The highest BCUT2D eigenvalue weighted by Crippen LogP contribution is 2.00. The van der Waals surface area contributed by atoms with Crippen LogP contribution in [-0.4, -0.2) is 32.2 Å². The highest BCUT2D eigenvalue weighted by Gasteiger charge is 2.08. The van der Waals surface area contributed by atoms with Crippen molar-refractivity contribution in [2.24, 2.45) is 5.10 Å². The number of nitrogens with one attached hydrogen (secondary N) is 1. The summed E-state index contributed by atoms with van der Waals surface area (Å²) in [6.07, 6.45) is 1.33. The molecule has 0 aliphatic heterocycles. The van der Waals surface area contributed by atoms with Gasteiger partial charge in [0.25, 0.3) is 5.56 Å². The Morgan fingerprint density at radius 3 is 2.77 bits per heavy atom. The summed E-state index contributed by atoms with van der Waals surface area (Å²) in [6.45, 7) is 1.97. The van der Waals surface area contributed by atoms with Crippen LogP contribution in [-0.2, 0) is 11.2 Å². The maximum atomic E-state index is 12.2. The van der Waals surface area contributed by atoms with Crippen LogP contribution in [0, 0.1) is 11.7 Å². The van der Waals surface area contributed by atoms with E-state index in [1.54, 1.807) is 0 Å². The van der Waals surface area contributed by atoms with Gasteiger partial charge in [-0.15, -0.1) is 0 Å². The Labute approximate surface area is 130 Å². The van der Waals surface area contributed by atoms with Crippen LogP contribution < -0.4 is 5.56 Å². The largest absolute Gasteiger partial charge is 0.481 e. The molecule has 0 atom stereocenters. The molecule has 7 nitrogen and oxygen atoms in total. The number of hydrogen-bond acceptors (Lipinski definition) is 5. The van der Waals surface area contributed by atoms with Gasteiger partial charge in [0, 0.05) is 6.42 Å². The minimum Gasteiger partial charge on any atom is -0.481 e. The van der Waals surface area contributed by atoms with Gasteiger partial charge in [-0.05, 0) is 24.7 Å². The van der Waals surface area contributed by atoms with Crippen molar-refractivity contribution in [1.82, 2.24) is 14.9 Å². The summed E-state index contributed by atoms with van der Waals surface area (Å²) in [5.41, 5.74) is 1.49. The number of carboxylic acids is 1. The van der Waals surface area contributed by atoms with Crippen molar-refractivity contribution < 1.29 is 9.90 Å². The van der Waals surface area contributed by atoms with Crippen molar-refractivity contribution in [1.29, 1.82) is 0 Å². The third kappa shape index (κ3) is 3.95. The molecule has 2 rings (SSSR count). The van der Waals surface area contributed by atoms with Crippen molar-refractivity contribution in [3.8, 4) is 0 Å². The molecular formula is C14H14N4O3S. The fraction of sp³-hybridized carbons (Fsp3) is 0.214. The van der Waals surface area contributed by atoms with Gasteiger partial charge in [0.1, 0.15) is 5.69 Å². The summed E-state index contributed by atoms with van der Waals surface area (Å²) in [5.74, 6) is -1.00. The van der Waals surface area contributed by atoms with Crippen LogP contribution in [0.4, 0.5) is 0 Å². The Hall–Kier alpha value is -2.61. The number of aryl methyl sites for hydroxylation is 2. The van der Waals surface area contributed by atoms with Crippen LogP contribution in [0.3, 0.4) is 0 Å². The van der Waals surface area contributed by atoms with E-state index in [1.807, 2.05) is 31.2 Å². The van der Waals surface area contributed by atoms with Crippen molar-refractivity contribution in [2.75, 3.05) is 0 Å². The van der Waals surface area contributed by atoms with Gasteiger partial charge >= 0.3 is 5.97 Å². The predicted octanol–water partition coefficient (Wildman–Crippen LogP) is 1.51. The van der Waals surface area contributed by atoms with Crippen LogP contribution >= 0.6 is 12.2 Å². The number of rotatable bonds is 5. The molecule has 0 radical (unpaired) electrons. The van der Waals surface area contributed by atoms with Crippen molar-refractivity contribution >= 4 is 24.4 Å². The first kappa shape index (κ1) is 15.8. The standard InChI is InChI=1S/C14H14N4O3S/c1-9-2-4-10(5-3-9)8-15-18-13(21)11(6-7-12(19)20)16-17-14(18)22/h2-5,8H,6-7H2,1H3,(H,17,22)(H,19,20)/b15-8-. The summed E-state index contributed by atoms with van der Waals surface area (Å²) in [7, 11) is 0. The smallest absolute Gasteiger partial charge is 0.303 e. The van der Waals surface area contributed by atoms with E-state index in [1.165, 1.54) is 6.21 Å². The normalized spacial score (nSPS) is 11.0. The molecule has 2 aromatic rings. The zero-order valence-corrected chi connectivity index (χ0v) is 12.6.